The van der Waals surface area contributed by atoms with Gasteiger partial charge in [-0.05, 0) is 67.1 Å². The largest absolute Gasteiger partial charge is 0.489 e. The Kier molecular flexibility index (Phi) is 9.19. The van der Waals surface area contributed by atoms with E-state index in [1.165, 1.54) is 12.8 Å². The smallest absolute Gasteiger partial charge is 0.268 e. The van der Waals surface area contributed by atoms with Gasteiger partial charge in [0.1, 0.15) is 18.1 Å². The molecule has 4 aromatic carbocycles. The van der Waals surface area contributed by atoms with Gasteiger partial charge in [0.25, 0.3) is 5.91 Å². The number of para-hydroxylation sites is 1. The number of hydrogen-bond acceptors (Lipinski definition) is 3. The molecule has 0 spiro atoms. The number of nitrogens with one attached hydrogen (secondary N) is 2. The van der Waals surface area contributed by atoms with Crippen LogP contribution >= 0.6 is 0 Å². The van der Waals surface area contributed by atoms with Gasteiger partial charge in [0.2, 0.25) is 0 Å². The zero-order valence-electron chi connectivity index (χ0n) is 25.0. The first kappa shape index (κ1) is 28.8. The maximum atomic E-state index is 14.1. The van der Waals surface area contributed by atoms with Crippen LogP contribution in [0.3, 0.4) is 0 Å². The maximum Gasteiger partial charge on any atom is 0.268 e. The third-order valence-electron chi connectivity index (χ3n) is 8.51. The van der Waals surface area contributed by atoms with Crippen molar-refractivity contribution in [1.29, 1.82) is 0 Å². The number of benzene rings is 4. The van der Waals surface area contributed by atoms with Crippen LogP contribution in [0.2, 0.25) is 0 Å². The van der Waals surface area contributed by atoms with Crippen molar-refractivity contribution >= 4 is 16.8 Å². The van der Waals surface area contributed by atoms with Gasteiger partial charge >= 0.3 is 0 Å². The highest BCUT2D eigenvalue weighted by atomic mass is 16.5. The Morgan fingerprint density at radius 3 is 2.33 bits per heavy atom. The van der Waals surface area contributed by atoms with Crippen LogP contribution in [-0.2, 0) is 13.2 Å². The van der Waals surface area contributed by atoms with E-state index in [9.17, 15) is 4.79 Å². The minimum absolute atomic E-state index is 0.00354. The molecule has 1 fully saturated rings. The first-order valence-electron chi connectivity index (χ1n) is 15.7. The number of aromatic nitrogens is 1. The quantitative estimate of drug-likeness (QED) is 0.161. The van der Waals surface area contributed by atoms with Gasteiger partial charge in [0.05, 0.1) is 0 Å². The van der Waals surface area contributed by atoms with Crippen LogP contribution in [0.5, 0.6) is 5.75 Å². The van der Waals surface area contributed by atoms with Crippen molar-refractivity contribution in [2.75, 3.05) is 13.1 Å². The van der Waals surface area contributed by atoms with Crippen molar-refractivity contribution in [3.63, 3.8) is 0 Å². The van der Waals surface area contributed by atoms with Crippen molar-refractivity contribution in [3.05, 3.63) is 137 Å². The standard InChI is InChI=1S/C38H41N3O2/c1-2-24-40-38(42)37-36(33-17-9-10-18-34(33)41(37)26-23-31-16-11-25-39-31)35(29-14-7-4-8-15-29)30-19-21-32(22-20-30)43-27-28-12-5-3-6-13-28/h3-10,12-15,17-22,31,35,39H,2,11,16,23-27H2,1H3,(H,40,42). The molecule has 5 aromatic rings. The van der Waals surface area contributed by atoms with E-state index in [0.29, 0.717) is 19.2 Å². The number of rotatable bonds is 12. The lowest BCUT2D eigenvalue weighted by atomic mass is 9.83. The molecular weight excluding hydrogens is 530 g/mol. The van der Waals surface area contributed by atoms with Crippen molar-refractivity contribution in [3.8, 4) is 5.75 Å². The Hall–Kier alpha value is -4.35. The lowest BCUT2D eigenvalue weighted by molar-refractivity contribution is 0.0943. The number of ether oxygens (including phenoxy) is 1. The van der Waals surface area contributed by atoms with E-state index in [-0.39, 0.29) is 11.8 Å². The lowest BCUT2D eigenvalue weighted by Gasteiger charge is -2.22. The van der Waals surface area contributed by atoms with Crippen LogP contribution in [0.4, 0.5) is 0 Å². The summed E-state index contributed by atoms with van der Waals surface area (Å²) in [5.74, 6) is 0.700. The topological polar surface area (TPSA) is 55.3 Å². The number of hydrogen-bond donors (Lipinski definition) is 2. The normalized spacial score (nSPS) is 15.4. The number of nitrogens with zero attached hydrogens (tertiary/aromatic N) is 1. The molecule has 0 aliphatic carbocycles. The van der Waals surface area contributed by atoms with Crippen LogP contribution in [-0.4, -0.2) is 29.6 Å². The number of aryl methyl sites for hydroxylation is 1. The van der Waals surface area contributed by atoms with Crippen LogP contribution in [0, 0.1) is 0 Å². The van der Waals surface area contributed by atoms with Gasteiger partial charge < -0.3 is 19.9 Å². The summed E-state index contributed by atoms with van der Waals surface area (Å²) in [6.07, 6.45) is 4.29. The Bertz CT molecular complexity index is 1620. The van der Waals surface area contributed by atoms with Crippen LogP contribution < -0.4 is 15.4 Å². The molecule has 2 unspecified atom stereocenters. The summed E-state index contributed by atoms with van der Waals surface area (Å²) in [7, 11) is 0. The summed E-state index contributed by atoms with van der Waals surface area (Å²) >= 11 is 0. The van der Waals surface area contributed by atoms with Gasteiger partial charge in [-0.15, -0.1) is 0 Å². The minimum Gasteiger partial charge on any atom is -0.489 e. The molecular formula is C38H41N3O2. The Morgan fingerprint density at radius 2 is 1.60 bits per heavy atom. The van der Waals surface area contributed by atoms with Crippen LogP contribution in [0.25, 0.3) is 10.9 Å². The van der Waals surface area contributed by atoms with E-state index < -0.39 is 0 Å². The maximum absolute atomic E-state index is 14.1. The van der Waals surface area contributed by atoms with Crippen molar-refractivity contribution in [2.24, 2.45) is 0 Å². The van der Waals surface area contributed by atoms with Crippen molar-refractivity contribution in [1.82, 2.24) is 15.2 Å². The fourth-order valence-corrected chi connectivity index (χ4v) is 6.38. The zero-order chi connectivity index (χ0) is 29.4. The second-order valence-corrected chi connectivity index (χ2v) is 11.5. The molecule has 1 aromatic heterocycles. The van der Waals surface area contributed by atoms with Gasteiger partial charge in [-0.25, -0.2) is 0 Å². The molecule has 0 saturated carbocycles. The number of amides is 1. The second kappa shape index (κ2) is 13.7. The monoisotopic (exact) mass is 571 g/mol. The molecule has 1 aliphatic rings. The Labute approximate surface area is 254 Å². The zero-order valence-corrected chi connectivity index (χ0v) is 25.0. The average Bonchev–Trinajstić information content (AvgIpc) is 3.70. The van der Waals surface area contributed by atoms with Gasteiger partial charge in [0, 0.05) is 41.5 Å². The van der Waals surface area contributed by atoms with E-state index in [2.05, 4.69) is 107 Å². The van der Waals surface area contributed by atoms with E-state index in [1.807, 2.05) is 24.3 Å². The fourth-order valence-electron chi connectivity index (χ4n) is 6.38. The van der Waals surface area contributed by atoms with Gasteiger partial charge in [-0.2, -0.15) is 0 Å². The molecule has 0 radical (unpaired) electrons. The summed E-state index contributed by atoms with van der Waals surface area (Å²) in [6.45, 7) is 5.13. The fraction of sp³-hybridized carbons (Fsp3) is 0.289. The summed E-state index contributed by atoms with van der Waals surface area (Å²) in [5.41, 5.74) is 6.37. The molecule has 5 nitrogen and oxygen atoms in total. The van der Waals surface area contributed by atoms with E-state index in [4.69, 9.17) is 4.74 Å². The number of carbonyl (C=O) groups excluding carboxylic acids is 1. The summed E-state index contributed by atoms with van der Waals surface area (Å²) in [5, 5.41) is 7.99. The van der Waals surface area contributed by atoms with Crippen molar-refractivity contribution < 1.29 is 9.53 Å². The molecule has 6 rings (SSSR count). The molecule has 220 valence electrons. The molecule has 2 atom stereocenters. The summed E-state index contributed by atoms with van der Waals surface area (Å²) in [6, 6.07) is 38.2. The highest BCUT2D eigenvalue weighted by Gasteiger charge is 2.30. The highest BCUT2D eigenvalue weighted by Crippen LogP contribution is 2.41. The SMILES string of the molecule is CCCNC(=O)c1c(C(c2ccccc2)c2ccc(OCc3ccccc3)cc2)c2ccccc2n1CCC1CCCN1. The number of carbonyl (C=O) groups is 1. The third kappa shape index (κ3) is 6.52. The molecule has 2 N–H and O–H groups in total. The molecule has 1 aliphatic heterocycles. The van der Waals surface area contributed by atoms with Crippen LogP contribution in [0.15, 0.2) is 109 Å². The van der Waals surface area contributed by atoms with Crippen molar-refractivity contribution in [2.45, 2.75) is 57.7 Å². The lowest BCUT2D eigenvalue weighted by Crippen LogP contribution is -2.29. The predicted molar refractivity (Wildman–Crippen MR) is 175 cm³/mol. The van der Waals surface area contributed by atoms with E-state index in [1.54, 1.807) is 0 Å². The molecule has 2 heterocycles. The van der Waals surface area contributed by atoms with E-state index in [0.717, 1.165) is 70.5 Å². The van der Waals surface area contributed by atoms with E-state index >= 15 is 0 Å². The highest BCUT2D eigenvalue weighted by molar-refractivity contribution is 6.02. The van der Waals surface area contributed by atoms with Crippen LogP contribution in [0.1, 0.15) is 71.3 Å². The average molecular weight is 572 g/mol. The molecule has 1 amide bonds. The van der Waals surface area contributed by atoms with Gasteiger partial charge in [0.15, 0.2) is 0 Å². The minimum atomic E-state index is -0.123. The molecule has 1 saturated heterocycles. The second-order valence-electron chi connectivity index (χ2n) is 11.5. The molecule has 0 bridgehead atoms. The summed E-state index contributed by atoms with van der Waals surface area (Å²) in [4.78, 5) is 14.1. The molecule has 43 heavy (non-hydrogen) atoms. The number of fused-ring (bicyclic) bond motifs is 1. The molecule has 5 heteroatoms. The predicted octanol–water partition coefficient (Wildman–Crippen LogP) is 7.68. The summed E-state index contributed by atoms with van der Waals surface area (Å²) < 4.78 is 8.41. The first-order valence-corrected chi connectivity index (χ1v) is 15.7. The van der Waals surface area contributed by atoms with Gasteiger partial charge in [-0.3, -0.25) is 4.79 Å². The Morgan fingerprint density at radius 1 is 0.907 bits per heavy atom. The third-order valence-corrected chi connectivity index (χ3v) is 8.51. The first-order chi connectivity index (χ1) is 21.2. The Balaban J connectivity index is 1.44. The van der Waals surface area contributed by atoms with Gasteiger partial charge in [-0.1, -0.05) is 97.9 Å².